The summed E-state index contributed by atoms with van der Waals surface area (Å²) in [5.74, 6) is 0. The number of fused-ring (bicyclic) bond motifs is 3. The third-order valence-electron chi connectivity index (χ3n) is 7.33. The summed E-state index contributed by atoms with van der Waals surface area (Å²) in [5.41, 5.74) is 11.0. The molecule has 0 saturated carbocycles. The van der Waals surface area contributed by atoms with E-state index in [1.807, 2.05) is 12.1 Å². The maximum atomic E-state index is 5.16. The molecular formula is C37H26N2. The van der Waals surface area contributed by atoms with Crippen LogP contribution in [0, 0.1) is 0 Å². The number of rotatable bonds is 5. The van der Waals surface area contributed by atoms with Crippen LogP contribution in [0.1, 0.15) is 5.56 Å². The molecule has 0 bridgehead atoms. The second-order valence-electron chi connectivity index (χ2n) is 9.74. The third-order valence-corrected chi connectivity index (χ3v) is 7.33. The molecule has 0 aliphatic rings. The average Bonchev–Trinajstić information content (AvgIpc) is 3.36. The lowest BCUT2D eigenvalue weighted by molar-refractivity contribution is 1.18. The van der Waals surface area contributed by atoms with Crippen molar-refractivity contribution in [2.45, 2.75) is 0 Å². The number of nitrogens with zero attached hydrogens (tertiary/aromatic N) is 2. The highest BCUT2D eigenvalue weighted by Crippen LogP contribution is 2.35. The van der Waals surface area contributed by atoms with Gasteiger partial charge >= 0.3 is 0 Å². The van der Waals surface area contributed by atoms with Crippen LogP contribution in [-0.2, 0) is 0 Å². The van der Waals surface area contributed by atoms with Crippen LogP contribution in [0.4, 0.5) is 0 Å². The summed E-state index contributed by atoms with van der Waals surface area (Å²) in [6.07, 6.45) is 1.89. The van der Waals surface area contributed by atoms with Gasteiger partial charge in [0, 0.05) is 27.6 Å². The summed E-state index contributed by atoms with van der Waals surface area (Å²) in [4.78, 5) is 5.16. The van der Waals surface area contributed by atoms with Crippen LogP contribution in [0.2, 0.25) is 0 Å². The fraction of sp³-hybridized carbons (Fsp3) is 0. The number of hydrogen-bond donors (Lipinski definition) is 0. The van der Waals surface area contributed by atoms with Crippen molar-refractivity contribution in [3.63, 3.8) is 0 Å². The van der Waals surface area contributed by atoms with Gasteiger partial charge in [0.1, 0.15) is 0 Å². The molecule has 7 aromatic rings. The average molecular weight is 499 g/mol. The smallest absolute Gasteiger partial charge is 0.0716 e. The Kier molecular flexibility index (Phi) is 5.64. The van der Waals surface area contributed by atoms with Gasteiger partial charge in [-0.25, -0.2) is 4.98 Å². The van der Waals surface area contributed by atoms with Gasteiger partial charge in [-0.1, -0.05) is 110 Å². The van der Waals surface area contributed by atoms with Crippen LogP contribution < -0.4 is 0 Å². The molecule has 39 heavy (non-hydrogen) atoms. The molecule has 2 heteroatoms. The highest BCUT2D eigenvalue weighted by atomic mass is 15.0. The van der Waals surface area contributed by atoms with Gasteiger partial charge < -0.3 is 4.57 Å². The van der Waals surface area contributed by atoms with Gasteiger partial charge in [-0.15, -0.1) is 0 Å². The molecule has 0 atom stereocenters. The third kappa shape index (κ3) is 4.13. The Morgan fingerprint density at radius 1 is 0.487 bits per heavy atom. The van der Waals surface area contributed by atoms with Gasteiger partial charge in [0.15, 0.2) is 0 Å². The van der Waals surface area contributed by atoms with E-state index in [9.17, 15) is 0 Å². The van der Waals surface area contributed by atoms with Crippen molar-refractivity contribution >= 4 is 27.9 Å². The number of benzene rings is 5. The zero-order valence-corrected chi connectivity index (χ0v) is 21.5. The Hall–Kier alpha value is -5.21. The van der Waals surface area contributed by atoms with Crippen LogP contribution in [0.15, 0.2) is 146 Å². The summed E-state index contributed by atoms with van der Waals surface area (Å²) >= 11 is 0. The minimum Gasteiger partial charge on any atom is -0.309 e. The first-order chi connectivity index (χ1) is 19.3. The molecule has 5 aromatic carbocycles. The number of para-hydroxylation sites is 2. The SMILES string of the molecule is C=Cc1cccc(-c2cc(-c3ccccc3)nc(-c3cccc(-n4c5ccccc5c5ccccc54)c3)c2)c1. The summed E-state index contributed by atoms with van der Waals surface area (Å²) in [6.45, 7) is 3.96. The molecule has 0 N–H and O–H groups in total. The maximum Gasteiger partial charge on any atom is 0.0716 e. The molecule has 0 aliphatic heterocycles. The minimum absolute atomic E-state index is 0.943. The van der Waals surface area contributed by atoms with Crippen molar-refractivity contribution in [3.05, 3.63) is 152 Å². The van der Waals surface area contributed by atoms with Crippen LogP contribution in [0.5, 0.6) is 0 Å². The van der Waals surface area contributed by atoms with Crippen LogP contribution in [-0.4, -0.2) is 9.55 Å². The minimum atomic E-state index is 0.943. The highest BCUT2D eigenvalue weighted by Gasteiger charge is 2.14. The van der Waals surface area contributed by atoms with Crippen molar-refractivity contribution in [3.8, 4) is 39.3 Å². The van der Waals surface area contributed by atoms with Crippen molar-refractivity contribution < 1.29 is 0 Å². The molecule has 0 aliphatic carbocycles. The van der Waals surface area contributed by atoms with E-state index < -0.39 is 0 Å². The Labute approximate surface area is 228 Å². The van der Waals surface area contributed by atoms with E-state index in [4.69, 9.17) is 4.98 Å². The quantitative estimate of drug-likeness (QED) is 0.231. The van der Waals surface area contributed by atoms with E-state index in [2.05, 4.69) is 145 Å². The van der Waals surface area contributed by atoms with Crippen molar-refractivity contribution in [2.75, 3.05) is 0 Å². The summed E-state index contributed by atoms with van der Waals surface area (Å²) in [7, 11) is 0. The predicted octanol–water partition coefficient (Wildman–Crippen LogP) is 9.82. The molecule has 0 radical (unpaired) electrons. The second kappa shape index (κ2) is 9.59. The standard InChI is InChI=1S/C37H26N2/c1-2-26-12-10-15-28(22-26)30-24-34(27-13-4-3-5-14-27)38-35(25-30)29-16-11-17-31(23-29)39-36-20-8-6-18-32(36)33-19-7-9-21-37(33)39/h2-25H,1H2. The molecule has 0 saturated heterocycles. The van der Waals surface area contributed by atoms with Gasteiger partial charge in [-0.2, -0.15) is 0 Å². The molecule has 0 unspecified atom stereocenters. The molecule has 184 valence electrons. The van der Waals surface area contributed by atoms with E-state index in [0.717, 1.165) is 44.9 Å². The lowest BCUT2D eigenvalue weighted by atomic mass is 9.98. The Bertz CT molecular complexity index is 1930. The molecule has 2 heterocycles. The van der Waals surface area contributed by atoms with Crippen molar-refractivity contribution in [1.82, 2.24) is 9.55 Å². The normalized spacial score (nSPS) is 11.2. The number of aromatic nitrogens is 2. The fourth-order valence-electron chi connectivity index (χ4n) is 5.45. The number of pyridine rings is 1. The topological polar surface area (TPSA) is 17.8 Å². The molecule has 0 spiro atoms. The molecule has 0 fully saturated rings. The molecule has 0 amide bonds. The lowest BCUT2D eigenvalue weighted by Crippen LogP contribution is -1.96. The first-order valence-electron chi connectivity index (χ1n) is 13.2. The second-order valence-corrected chi connectivity index (χ2v) is 9.74. The summed E-state index contributed by atoms with van der Waals surface area (Å²) < 4.78 is 2.35. The Morgan fingerprint density at radius 3 is 1.79 bits per heavy atom. The monoisotopic (exact) mass is 498 g/mol. The van der Waals surface area contributed by atoms with E-state index >= 15 is 0 Å². The van der Waals surface area contributed by atoms with E-state index in [1.54, 1.807) is 0 Å². The molecule has 7 rings (SSSR count). The molecular weight excluding hydrogens is 472 g/mol. The molecule has 2 aromatic heterocycles. The summed E-state index contributed by atoms with van der Waals surface area (Å²) in [6, 6.07) is 49.2. The van der Waals surface area contributed by atoms with Gasteiger partial charge in [-0.3, -0.25) is 0 Å². The fourth-order valence-corrected chi connectivity index (χ4v) is 5.45. The van der Waals surface area contributed by atoms with Crippen molar-refractivity contribution in [2.24, 2.45) is 0 Å². The largest absolute Gasteiger partial charge is 0.309 e. The van der Waals surface area contributed by atoms with Gasteiger partial charge in [0.05, 0.1) is 22.4 Å². The zero-order chi connectivity index (χ0) is 26.2. The van der Waals surface area contributed by atoms with Gasteiger partial charge in [0.2, 0.25) is 0 Å². The van der Waals surface area contributed by atoms with Gasteiger partial charge in [0.25, 0.3) is 0 Å². The van der Waals surface area contributed by atoms with Crippen LogP contribution >= 0.6 is 0 Å². The maximum absolute atomic E-state index is 5.16. The van der Waals surface area contributed by atoms with E-state index in [0.29, 0.717) is 0 Å². The molecule has 2 nitrogen and oxygen atoms in total. The highest BCUT2D eigenvalue weighted by molar-refractivity contribution is 6.09. The van der Waals surface area contributed by atoms with Crippen LogP contribution in [0.3, 0.4) is 0 Å². The number of hydrogen-bond acceptors (Lipinski definition) is 1. The Morgan fingerprint density at radius 2 is 1.08 bits per heavy atom. The van der Waals surface area contributed by atoms with Crippen LogP contribution in [0.25, 0.3) is 67.2 Å². The van der Waals surface area contributed by atoms with E-state index in [1.165, 1.54) is 21.8 Å². The van der Waals surface area contributed by atoms with Gasteiger partial charge in [-0.05, 0) is 59.2 Å². The van der Waals surface area contributed by atoms with E-state index in [-0.39, 0.29) is 0 Å². The first kappa shape index (κ1) is 22.9. The predicted molar refractivity (Wildman–Crippen MR) is 165 cm³/mol. The zero-order valence-electron chi connectivity index (χ0n) is 21.5. The summed E-state index contributed by atoms with van der Waals surface area (Å²) in [5, 5.41) is 2.51. The lowest BCUT2D eigenvalue weighted by Gasteiger charge is -2.13. The van der Waals surface area contributed by atoms with Crippen molar-refractivity contribution in [1.29, 1.82) is 0 Å². The Balaban J connectivity index is 1.43. The first-order valence-corrected chi connectivity index (χ1v) is 13.2.